The van der Waals surface area contributed by atoms with E-state index in [1.807, 2.05) is 38.1 Å². The summed E-state index contributed by atoms with van der Waals surface area (Å²) >= 11 is 11.4. The zero-order valence-electron chi connectivity index (χ0n) is 16.5. The molecule has 1 aliphatic rings. The number of fused-ring (bicyclic) bond motifs is 1. The number of nitrogens with one attached hydrogen (secondary N) is 3. The highest BCUT2D eigenvalue weighted by Crippen LogP contribution is 2.40. The lowest BCUT2D eigenvalue weighted by Gasteiger charge is -2.38. The summed E-state index contributed by atoms with van der Waals surface area (Å²) in [5.74, 6) is 0.752. The lowest BCUT2D eigenvalue weighted by molar-refractivity contribution is 0.0697. The topological polar surface area (TPSA) is 71.6 Å². The standard InChI is InChI=1S/C21H24ClN3O3S/c1-4-27-20(26)24-15-9-10-18-16(11-15)17(12-21(2,3)28-18)25-19(29)23-14-7-5-13(22)6-8-14/h5-11,17H,4,12H2,1-3H3,(H,24,26)(H2,23,25,29). The van der Waals surface area contributed by atoms with E-state index in [4.69, 9.17) is 33.3 Å². The van der Waals surface area contributed by atoms with Gasteiger partial charge in [0.25, 0.3) is 0 Å². The van der Waals surface area contributed by atoms with Gasteiger partial charge in [0.15, 0.2) is 5.11 Å². The molecular weight excluding hydrogens is 410 g/mol. The van der Waals surface area contributed by atoms with E-state index in [1.54, 1.807) is 25.1 Å². The van der Waals surface area contributed by atoms with Gasteiger partial charge >= 0.3 is 6.09 Å². The van der Waals surface area contributed by atoms with Gasteiger partial charge in [-0.25, -0.2) is 4.79 Å². The maximum absolute atomic E-state index is 11.7. The van der Waals surface area contributed by atoms with E-state index in [0.717, 1.165) is 17.0 Å². The molecule has 8 heteroatoms. The summed E-state index contributed by atoms with van der Waals surface area (Å²) in [6, 6.07) is 12.7. The number of ether oxygens (including phenoxy) is 2. The molecule has 0 aliphatic carbocycles. The third-order valence-electron chi connectivity index (χ3n) is 4.40. The van der Waals surface area contributed by atoms with Gasteiger partial charge in [-0.1, -0.05) is 11.6 Å². The maximum Gasteiger partial charge on any atom is 0.411 e. The summed E-state index contributed by atoms with van der Waals surface area (Å²) in [6.07, 6.45) is 0.208. The number of benzene rings is 2. The molecule has 1 amide bonds. The number of carbonyl (C=O) groups excluding carboxylic acids is 1. The number of hydrogen-bond donors (Lipinski definition) is 3. The monoisotopic (exact) mass is 433 g/mol. The van der Waals surface area contributed by atoms with Crippen LogP contribution in [0.15, 0.2) is 42.5 Å². The summed E-state index contributed by atoms with van der Waals surface area (Å²) in [4.78, 5) is 11.7. The van der Waals surface area contributed by atoms with E-state index >= 15 is 0 Å². The van der Waals surface area contributed by atoms with E-state index in [2.05, 4.69) is 16.0 Å². The number of anilines is 2. The molecule has 0 radical (unpaired) electrons. The van der Waals surface area contributed by atoms with Gasteiger partial charge in [0, 0.05) is 28.4 Å². The van der Waals surface area contributed by atoms with Crippen molar-refractivity contribution in [1.82, 2.24) is 5.32 Å². The van der Waals surface area contributed by atoms with E-state index in [1.165, 1.54) is 0 Å². The van der Waals surface area contributed by atoms with E-state index < -0.39 is 6.09 Å². The Bertz CT molecular complexity index is 903. The fraction of sp³-hybridized carbons (Fsp3) is 0.333. The molecule has 3 N–H and O–H groups in total. The van der Waals surface area contributed by atoms with Crippen LogP contribution in [0.2, 0.25) is 5.02 Å². The average Bonchev–Trinajstić information content (AvgIpc) is 2.63. The predicted molar refractivity (Wildman–Crippen MR) is 120 cm³/mol. The summed E-state index contributed by atoms with van der Waals surface area (Å²) in [7, 11) is 0. The van der Waals surface area contributed by atoms with Crippen molar-refractivity contribution in [2.24, 2.45) is 0 Å². The number of hydrogen-bond acceptors (Lipinski definition) is 4. The van der Waals surface area contributed by atoms with Crippen LogP contribution >= 0.6 is 23.8 Å². The number of thiocarbonyl (C=S) groups is 1. The molecule has 0 saturated heterocycles. The van der Waals surface area contributed by atoms with Gasteiger partial charge < -0.3 is 20.1 Å². The molecule has 6 nitrogen and oxygen atoms in total. The second-order valence-corrected chi connectivity index (χ2v) is 8.17. The third-order valence-corrected chi connectivity index (χ3v) is 4.87. The first kappa shape index (κ1) is 21.2. The van der Waals surface area contributed by atoms with Crippen molar-refractivity contribution in [3.8, 4) is 5.75 Å². The summed E-state index contributed by atoms with van der Waals surface area (Å²) in [5, 5.41) is 10.4. The Kier molecular flexibility index (Phi) is 6.49. The van der Waals surface area contributed by atoms with Crippen LogP contribution in [-0.4, -0.2) is 23.4 Å². The second-order valence-electron chi connectivity index (χ2n) is 7.32. The molecule has 29 heavy (non-hydrogen) atoms. The average molecular weight is 434 g/mol. The Morgan fingerprint density at radius 3 is 2.59 bits per heavy atom. The Morgan fingerprint density at radius 2 is 1.90 bits per heavy atom. The molecule has 3 rings (SSSR count). The lowest BCUT2D eigenvalue weighted by atomic mass is 9.89. The smallest absolute Gasteiger partial charge is 0.411 e. The normalized spacial score (nSPS) is 16.8. The van der Waals surface area contributed by atoms with Crippen LogP contribution in [0.3, 0.4) is 0 Å². The molecule has 2 aromatic carbocycles. The van der Waals surface area contributed by atoms with Crippen LogP contribution < -0.4 is 20.7 Å². The largest absolute Gasteiger partial charge is 0.487 e. The van der Waals surface area contributed by atoms with E-state index in [0.29, 0.717) is 28.9 Å². The first-order valence-corrected chi connectivity index (χ1v) is 10.1. The van der Waals surface area contributed by atoms with Crippen molar-refractivity contribution in [3.63, 3.8) is 0 Å². The minimum atomic E-state index is -0.492. The first-order valence-electron chi connectivity index (χ1n) is 9.35. The molecule has 154 valence electrons. The molecule has 1 heterocycles. The van der Waals surface area contributed by atoms with Crippen LogP contribution in [0.25, 0.3) is 0 Å². The van der Waals surface area contributed by atoms with Gasteiger partial charge in [-0.15, -0.1) is 0 Å². The molecule has 1 aliphatic heterocycles. The molecular formula is C21H24ClN3O3S. The quantitative estimate of drug-likeness (QED) is 0.553. The van der Waals surface area contributed by atoms with Crippen molar-refractivity contribution >= 4 is 46.4 Å². The summed E-state index contributed by atoms with van der Waals surface area (Å²) in [5.41, 5.74) is 2.03. The zero-order chi connectivity index (χ0) is 21.0. The molecule has 1 atom stereocenters. The van der Waals surface area contributed by atoms with Crippen molar-refractivity contribution in [3.05, 3.63) is 53.1 Å². The summed E-state index contributed by atoms with van der Waals surface area (Å²) < 4.78 is 11.1. The molecule has 0 bridgehead atoms. The van der Waals surface area contributed by atoms with Gasteiger partial charge in [0.05, 0.1) is 12.6 Å². The van der Waals surface area contributed by atoms with Crippen LogP contribution in [0.5, 0.6) is 5.75 Å². The fourth-order valence-electron chi connectivity index (χ4n) is 3.20. The third kappa shape index (κ3) is 5.74. The van der Waals surface area contributed by atoms with Gasteiger partial charge in [0.2, 0.25) is 0 Å². The van der Waals surface area contributed by atoms with Crippen molar-refractivity contribution in [2.45, 2.75) is 38.8 Å². The van der Waals surface area contributed by atoms with Gasteiger partial charge in [0.1, 0.15) is 11.4 Å². The number of amides is 1. The van der Waals surface area contributed by atoms with E-state index in [-0.39, 0.29) is 11.6 Å². The molecule has 0 fully saturated rings. The minimum Gasteiger partial charge on any atom is -0.487 e. The van der Waals surface area contributed by atoms with E-state index in [9.17, 15) is 4.79 Å². The number of rotatable bonds is 4. The fourth-order valence-corrected chi connectivity index (χ4v) is 3.59. The van der Waals surface area contributed by atoms with Gasteiger partial charge in [-0.2, -0.15) is 0 Å². The highest BCUT2D eigenvalue weighted by molar-refractivity contribution is 7.80. The molecule has 0 saturated carbocycles. The molecule has 0 aromatic heterocycles. The maximum atomic E-state index is 11.7. The Morgan fingerprint density at radius 1 is 1.21 bits per heavy atom. The SMILES string of the molecule is CCOC(=O)Nc1ccc2c(c1)C(NC(=S)Nc1ccc(Cl)cc1)CC(C)(C)O2. The van der Waals surface area contributed by atoms with Gasteiger partial charge in [-0.3, -0.25) is 5.32 Å². The van der Waals surface area contributed by atoms with Crippen LogP contribution in [-0.2, 0) is 4.74 Å². The molecule has 2 aromatic rings. The molecule has 0 spiro atoms. The van der Waals surface area contributed by atoms with Crippen LogP contribution in [0.4, 0.5) is 16.2 Å². The molecule has 1 unspecified atom stereocenters. The second kappa shape index (κ2) is 8.88. The highest BCUT2D eigenvalue weighted by Gasteiger charge is 2.34. The van der Waals surface area contributed by atoms with Crippen molar-refractivity contribution in [2.75, 3.05) is 17.2 Å². The minimum absolute atomic E-state index is 0.0926. The van der Waals surface area contributed by atoms with Gasteiger partial charge in [-0.05, 0) is 75.5 Å². The number of carbonyl (C=O) groups is 1. The predicted octanol–water partition coefficient (Wildman–Crippen LogP) is 5.50. The Labute approximate surface area is 180 Å². The van der Waals surface area contributed by atoms with Crippen molar-refractivity contribution < 1.29 is 14.3 Å². The van der Waals surface area contributed by atoms with Crippen molar-refractivity contribution in [1.29, 1.82) is 0 Å². The zero-order valence-corrected chi connectivity index (χ0v) is 18.1. The first-order chi connectivity index (χ1) is 13.8. The lowest BCUT2D eigenvalue weighted by Crippen LogP contribution is -2.42. The van der Waals surface area contributed by atoms with Crippen LogP contribution in [0, 0.1) is 0 Å². The summed E-state index contributed by atoms with van der Waals surface area (Å²) in [6.45, 7) is 6.13. The number of halogens is 1. The Hall–Kier alpha value is -2.51. The van der Waals surface area contributed by atoms with Crippen LogP contribution in [0.1, 0.15) is 38.8 Å². The highest BCUT2D eigenvalue weighted by atomic mass is 35.5. The Balaban J connectivity index is 1.78.